The number of benzene rings is 14. The van der Waals surface area contributed by atoms with E-state index in [1.807, 2.05) is 0 Å². The Hall–Kier alpha value is -9.75. The average molecular weight is 1250 g/mol. The highest BCUT2D eigenvalue weighted by Gasteiger charge is 2.49. The van der Waals surface area contributed by atoms with Gasteiger partial charge in [-0.2, -0.15) is 0 Å². The molecule has 22 rings (SSSR count). The Kier molecular flexibility index (Phi) is 10.2. The molecule has 0 nitrogen and oxygen atoms in total. The summed E-state index contributed by atoms with van der Waals surface area (Å²) in [6, 6.07) is 85.9. The Labute approximate surface area is 577 Å². The number of hydrogen-bond acceptors (Lipinski definition) is 0. The Bertz CT molecular complexity index is 6040. The van der Waals surface area contributed by atoms with Gasteiger partial charge in [-0.15, -0.1) is 0 Å². The summed E-state index contributed by atoms with van der Waals surface area (Å²) in [5, 5.41) is 11.3. The van der Waals surface area contributed by atoms with Crippen LogP contribution < -0.4 is 32.8 Å². The van der Waals surface area contributed by atoms with Crippen molar-refractivity contribution >= 4 is 89.3 Å². The standard InChI is InChI=1S/C96H76B2/c1-91(2,3)51-41-67-54-27-20-31-60-83(54)79(47-65-53-24-14-17-33-71(53)95(10,11)87(60)65)98-80-48-66-62-40-50(38-39-74(62)96(12,13)88(66)61-32-21-28-55(84(61)80)68(42-51)89(67)98)49-92(4,5)52-43-69-63-45-75-81(56-25-15-18-34-72(56)93(75,6)7)58-29-22-36-77(85(58)63)97-78-37-23-30-59-82-57-26-16-19-35-73(57)94(8,9)76(82)46-64(86(59)78)70(44-52)90(69)97/h14-48H,49H2,1-13H3. The third kappa shape index (κ3) is 6.55. The maximum atomic E-state index is 2.72. The number of fused-ring (bicyclic) bond motifs is 24. The van der Waals surface area contributed by atoms with E-state index in [4.69, 9.17) is 0 Å². The second-order valence-corrected chi connectivity index (χ2v) is 34.6. The van der Waals surface area contributed by atoms with Crippen LogP contribution in [-0.4, -0.2) is 13.4 Å². The highest BCUT2D eigenvalue weighted by Crippen LogP contribution is 2.60. The molecule has 0 radical (unpaired) electrons. The predicted molar refractivity (Wildman–Crippen MR) is 420 cm³/mol. The molecule has 466 valence electrons. The van der Waals surface area contributed by atoms with E-state index in [1.54, 1.807) is 0 Å². The molecule has 98 heavy (non-hydrogen) atoms. The lowest BCUT2D eigenvalue weighted by Crippen LogP contribution is -2.57. The number of hydrogen-bond donors (Lipinski definition) is 0. The van der Waals surface area contributed by atoms with Gasteiger partial charge >= 0.3 is 0 Å². The van der Waals surface area contributed by atoms with Crippen molar-refractivity contribution in [3.8, 4) is 89.0 Å². The van der Waals surface area contributed by atoms with Gasteiger partial charge in [0.2, 0.25) is 13.4 Å². The van der Waals surface area contributed by atoms with Gasteiger partial charge in [0.25, 0.3) is 0 Å². The van der Waals surface area contributed by atoms with Gasteiger partial charge in [0.15, 0.2) is 0 Å². The van der Waals surface area contributed by atoms with E-state index in [1.165, 1.54) is 226 Å². The summed E-state index contributed by atoms with van der Waals surface area (Å²) in [7, 11) is 0. The highest BCUT2D eigenvalue weighted by molar-refractivity contribution is 7.02. The summed E-state index contributed by atoms with van der Waals surface area (Å²) in [6.07, 6.45) is 0.885. The molecule has 0 saturated heterocycles. The van der Waals surface area contributed by atoms with Crippen molar-refractivity contribution in [2.75, 3.05) is 0 Å². The Morgan fingerprint density at radius 1 is 0.276 bits per heavy atom. The fraction of sp³-hybridized carbons (Fsp3) is 0.208. The normalized spacial score (nSPS) is 16.5. The maximum absolute atomic E-state index is 2.72. The summed E-state index contributed by atoms with van der Waals surface area (Å²) in [6.45, 7) is 32.2. The van der Waals surface area contributed by atoms with Gasteiger partial charge in [0.05, 0.1) is 0 Å². The maximum Gasteiger partial charge on any atom is 0.244 e. The van der Waals surface area contributed by atoms with Gasteiger partial charge < -0.3 is 0 Å². The Balaban J connectivity index is 0.753. The minimum absolute atomic E-state index is 0.0452. The first-order valence-corrected chi connectivity index (χ1v) is 36.3. The lowest BCUT2D eigenvalue weighted by Gasteiger charge is -2.38. The summed E-state index contributed by atoms with van der Waals surface area (Å²) in [5.74, 6) is 0. The third-order valence-electron chi connectivity index (χ3n) is 26.7. The SMILES string of the molecule is CC(C)(C)c1cc2c3c(c1)-c1cccc4c5c(cc(c14)B3c1cc3c(c4cccc-2c14)C(C)(C)c1ccccc1-3)-c1cc(CC(C)(C)c2cc3c4c(c2)-c2cc6c(c7cccc(c27)B4c2cccc4c7c(cc-3c24)C(C)(C)c2ccccc2-7)-c2ccccc2C6(C)C)ccc1C5(C)C. The molecule has 14 aromatic rings. The minimum atomic E-state index is -0.269. The molecule has 4 aliphatic carbocycles. The van der Waals surface area contributed by atoms with E-state index in [0.717, 1.165) is 6.42 Å². The van der Waals surface area contributed by atoms with Crippen molar-refractivity contribution < 1.29 is 0 Å². The topological polar surface area (TPSA) is 0 Å². The van der Waals surface area contributed by atoms with Crippen LogP contribution in [0.15, 0.2) is 212 Å². The molecule has 0 fully saturated rings. The molecule has 0 N–H and O–H groups in total. The first-order valence-electron chi connectivity index (χ1n) is 36.3. The van der Waals surface area contributed by atoms with Crippen LogP contribution in [0.3, 0.4) is 0 Å². The second kappa shape index (κ2) is 17.7. The van der Waals surface area contributed by atoms with Gasteiger partial charge in [-0.1, -0.05) is 323 Å². The first kappa shape index (κ1) is 56.3. The van der Waals surface area contributed by atoms with E-state index in [9.17, 15) is 0 Å². The molecule has 4 aliphatic heterocycles. The Morgan fingerprint density at radius 2 is 0.663 bits per heavy atom. The van der Waals surface area contributed by atoms with Crippen molar-refractivity contribution in [3.63, 3.8) is 0 Å². The van der Waals surface area contributed by atoms with Crippen LogP contribution >= 0.6 is 0 Å². The molecule has 0 aromatic heterocycles. The molecular formula is C96H76B2. The lowest BCUT2D eigenvalue weighted by molar-refractivity contribution is 0.523. The summed E-state index contributed by atoms with van der Waals surface area (Å²) >= 11 is 0. The van der Waals surface area contributed by atoms with Crippen molar-refractivity contribution in [2.24, 2.45) is 0 Å². The zero-order valence-corrected chi connectivity index (χ0v) is 58.6. The van der Waals surface area contributed by atoms with E-state index in [0.29, 0.717) is 0 Å². The molecule has 0 amide bonds. The zero-order valence-electron chi connectivity index (χ0n) is 58.6. The molecule has 4 heterocycles. The second-order valence-electron chi connectivity index (χ2n) is 34.6. The van der Waals surface area contributed by atoms with Crippen molar-refractivity contribution in [2.45, 2.75) is 129 Å². The molecular weight excluding hydrogens is 1170 g/mol. The van der Waals surface area contributed by atoms with Crippen LogP contribution in [0.1, 0.15) is 151 Å². The lowest BCUT2D eigenvalue weighted by atomic mass is 9.30. The van der Waals surface area contributed by atoms with E-state index >= 15 is 0 Å². The smallest absolute Gasteiger partial charge is 0.0663 e. The van der Waals surface area contributed by atoms with Crippen molar-refractivity contribution in [3.05, 3.63) is 274 Å². The average Bonchev–Trinajstić information content (AvgIpc) is 0.769. The molecule has 0 spiro atoms. The third-order valence-corrected chi connectivity index (χ3v) is 26.7. The van der Waals surface area contributed by atoms with Gasteiger partial charge in [-0.05, 0) is 223 Å². The quantitative estimate of drug-likeness (QED) is 0.155. The summed E-state index contributed by atoms with van der Waals surface area (Å²) in [5.41, 5.74) is 45.8. The predicted octanol–water partition coefficient (Wildman–Crippen LogP) is 20.3. The van der Waals surface area contributed by atoms with Crippen molar-refractivity contribution in [1.82, 2.24) is 0 Å². The monoisotopic (exact) mass is 1250 g/mol. The van der Waals surface area contributed by atoms with Crippen LogP contribution in [0.25, 0.3) is 132 Å². The van der Waals surface area contributed by atoms with Gasteiger partial charge in [-0.25, -0.2) is 0 Å². The fourth-order valence-electron chi connectivity index (χ4n) is 22.2. The van der Waals surface area contributed by atoms with Crippen molar-refractivity contribution in [1.29, 1.82) is 0 Å². The molecule has 2 heteroatoms. The highest BCUT2D eigenvalue weighted by atomic mass is 14.5. The largest absolute Gasteiger partial charge is 0.244 e. The number of rotatable bonds is 3. The molecule has 0 unspecified atom stereocenters. The van der Waals surface area contributed by atoms with E-state index in [-0.39, 0.29) is 45.9 Å². The van der Waals surface area contributed by atoms with Gasteiger partial charge in [-0.3, -0.25) is 0 Å². The van der Waals surface area contributed by atoms with E-state index in [2.05, 4.69) is 302 Å². The molecule has 0 atom stereocenters. The van der Waals surface area contributed by atoms with Crippen LogP contribution in [-0.2, 0) is 38.9 Å². The first-order chi connectivity index (χ1) is 47.0. The van der Waals surface area contributed by atoms with Crippen LogP contribution in [0.4, 0.5) is 0 Å². The fourth-order valence-corrected chi connectivity index (χ4v) is 22.2. The van der Waals surface area contributed by atoms with Gasteiger partial charge in [0.1, 0.15) is 0 Å². The summed E-state index contributed by atoms with van der Waals surface area (Å²) < 4.78 is 0. The van der Waals surface area contributed by atoms with Gasteiger partial charge in [0, 0.05) is 21.7 Å². The zero-order chi connectivity index (χ0) is 66.3. The van der Waals surface area contributed by atoms with Crippen LogP contribution in [0.2, 0.25) is 0 Å². The van der Waals surface area contributed by atoms with E-state index < -0.39 is 0 Å². The molecule has 0 saturated carbocycles. The molecule has 0 bridgehead atoms. The van der Waals surface area contributed by atoms with Crippen LogP contribution in [0.5, 0.6) is 0 Å². The van der Waals surface area contributed by atoms with Crippen LogP contribution in [0, 0.1) is 0 Å². The molecule has 8 aliphatic rings. The molecule has 14 aromatic carbocycles. The minimum Gasteiger partial charge on any atom is -0.0663 e. The Morgan fingerprint density at radius 3 is 1.16 bits per heavy atom. The summed E-state index contributed by atoms with van der Waals surface area (Å²) in [4.78, 5) is 0.